The van der Waals surface area contributed by atoms with E-state index in [1.54, 1.807) is 6.07 Å². The van der Waals surface area contributed by atoms with Crippen molar-refractivity contribution in [3.05, 3.63) is 70.2 Å². The van der Waals surface area contributed by atoms with Gasteiger partial charge in [0.2, 0.25) is 11.8 Å². The zero-order valence-corrected chi connectivity index (χ0v) is 25.2. The van der Waals surface area contributed by atoms with Crippen LogP contribution < -0.4 is 15.0 Å². The average molecular weight is 672 g/mol. The van der Waals surface area contributed by atoms with E-state index in [-0.39, 0.29) is 67.2 Å². The van der Waals surface area contributed by atoms with Gasteiger partial charge in [0.25, 0.3) is 0 Å². The predicted molar refractivity (Wildman–Crippen MR) is 154 cm³/mol. The normalized spacial score (nSPS) is 16.4. The molecule has 0 spiro atoms. The molecule has 0 fully saturated rings. The molecule has 254 valence electrons. The van der Waals surface area contributed by atoms with Crippen molar-refractivity contribution < 1.29 is 55.6 Å². The first-order valence-corrected chi connectivity index (χ1v) is 14.4. The number of halogens is 6. The highest BCUT2D eigenvalue weighted by atomic mass is 19.4. The number of aliphatic hydroxyl groups is 1. The first kappa shape index (κ1) is 35.2. The van der Waals surface area contributed by atoms with Crippen molar-refractivity contribution in [3.63, 3.8) is 0 Å². The van der Waals surface area contributed by atoms with Crippen LogP contribution in [0.2, 0.25) is 0 Å². The maximum atomic E-state index is 13.5. The molecule has 47 heavy (non-hydrogen) atoms. The molecule has 2 atom stereocenters. The van der Waals surface area contributed by atoms with Gasteiger partial charge in [0.1, 0.15) is 6.61 Å². The second-order valence-corrected chi connectivity index (χ2v) is 10.6. The van der Waals surface area contributed by atoms with Crippen molar-refractivity contribution in [2.24, 2.45) is 0 Å². The fourth-order valence-corrected chi connectivity index (χ4v) is 5.22. The Morgan fingerprint density at radius 2 is 1.74 bits per heavy atom. The number of carboxylic acids is 1. The molecule has 0 aliphatic carbocycles. The third kappa shape index (κ3) is 8.58. The van der Waals surface area contributed by atoms with E-state index < -0.39 is 54.0 Å². The number of hydrogen-bond acceptors (Lipinski definition) is 9. The molecule has 0 saturated heterocycles. The average Bonchev–Trinajstić information content (AvgIpc) is 3.01. The van der Waals surface area contributed by atoms with Crippen LogP contribution in [0.1, 0.15) is 65.9 Å². The molecule has 3 heterocycles. The number of aliphatic carboxylic acids is 1. The standard InChI is InChI=1S/C30H31F6N5O6/c1-3-20-14-22(26-23(5-6-24(40-26)46-2)41(20)28(45)47-9-8-42)39-27-37-15-17(4-7-25(43)44)21(38-27)12-16-10-18(29(31,32)33)13-19(11-16)30(34,35)36/h5-6,10-11,13,15,20,22,42H,3-4,7-9,12,14H2,1-2H3,(H,43,44)(H,37,38,39)/t20-,22+/m1/s1. The molecule has 3 aromatic rings. The van der Waals surface area contributed by atoms with Crippen LogP contribution in [0.5, 0.6) is 5.88 Å². The minimum atomic E-state index is -5.06. The van der Waals surface area contributed by atoms with Crippen LogP contribution in [0.3, 0.4) is 0 Å². The molecule has 1 amide bonds. The number of carboxylic acid groups (broad SMARTS) is 1. The fourth-order valence-electron chi connectivity index (χ4n) is 5.22. The van der Waals surface area contributed by atoms with Crippen LogP contribution in [0.25, 0.3) is 0 Å². The Balaban J connectivity index is 1.75. The number of carbonyl (C=O) groups is 2. The van der Waals surface area contributed by atoms with Crippen LogP contribution >= 0.6 is 0 Å². The zero-order chi connectivity index (χ0) is 34.5. The summed E-state index contributed by atoms with van der Waals surface area (Å²) < 4.78 is 91.6. The molecular formula is C30H31F6N5O6. The second kappa shape index (κ2) is 14.4. The molecule has 0 unspecified atom stereocenters. The Morgan fingerprint density at radius 3 is 2.32 bits per heavy atom. The number of aliphatic hydroxyl groups excluding tert-OH is 1. The van der Waals surface area contributed by atoms with Gasteiger partial charge in [0.05, 0.1) is 48.0 Å². The lowest BCUT2D eigenvalue weighted by Gasteiger charge is -2.39. The van der Waals surface area contributed by atoms with Crippen molar-refractivity contribution in [3.8, 4) is 5.88 Å². The third-order valence-corrected chi connectivity index (χ3v) is 7.42. The monoisotopic (exact) mass is 671 g/mol. The SMILES string of the molecule is CC[C@@H]1C[C@H](Nc2ncc(CCC(=O)O)c(Cc3cc(C(F)(F)F)cc(C(F)(F)F)c3)n2)c2nc(OC)ccc2N1C(=O)OCCO. The number of aryl methyl sites for hydroxylation is 1. The number of benzene rings is 1. The molecule has 0 bridgehead atoms. The molecule has 0 saturated carbocycles. The second-order valence-electron chi connectivity index (χ2n) is 10.6. The van der Waals surface area contributed by atoms with Gasteiger partial charge in [-0.05, 0) is 54.7 Å². The van der Waals surface area contributed by atoms with E-state index in [9.17, 15) is 41.0 Å². The largest absolute Gasteiger partial charge is 0.481 e. The summed E-state index contributed by atoms with van der Waals surface area (Å²) in [6, 6.07) is 3.26. The number of methoxy groups -OCH3 is 1. The summed E-state index contributed by atoms with van der Waals surface area (Å²) in [6.45, 7) is 1.23. The highest BCUT2D eigenvalue weighted by Crippen LogP contribution is 2.40. The van der Waals surface area contributed by atoms with Gasteiger partial charge in [-0.15, -0.1) is 0 Å². The van der Waals surface area contributed by atoms with E-state index in [0.29, 0.717) is 29.9 Å². The Hall–Kier alpha value is -4.67. The van der Waals surface area contributed by atoms with Gasteiger partial charge in [-0.1, -0.05) is 6.92 Å². The van der Waals surface area contributed by atoms with Crippen LogP contribution in [0.4, 0.5) is 42.8 Å². The molecule has 17 heteroatoms. The van der Waals surface area contributed by atoms with Gasteiger partial charge in [-0.25, -0.2) is 19.7 Å². The number of anilines is 2. The quantitative estimate of drug-likeness (QED) is 0.214. The summed E-state index contributed by atoms with van der Waals surface area (Å²) in [7, 11) is 1.39. The van der Waals surface area contributed by atoms with Gasteiger partial charge >= 0.3 is 24.4 Å². The van der Waals surface area contributed by atoms with E-state index in [1.165, 1.54) is 24.3 Å². The minimum absolute atomic E-state index is 0.0204. The molecular weight excluding hydrogens is 640 g/mol. The molecule has 1 aliphatic rings. The number of nitrogens with zero attached hydrogens (tertiary/aromatic N) is 4. The molecule has 1 aromatic carbocycles. The van der Waals surface area contributed by atoms with Crippen molar-refractivity contribution in [2.45, 2.75) is 63.5 Å². The number of rotatable bonds is 11. The molecule has 3 N–H and O–H groups in total. The highest BCUT2D eigenvalue weighted by molar-refractivity contribution is 5.90. The van der Waals surface area contributed by atoms with Gasteiger partial charge in [-0.3, -0.25) is 9.69 Å². The molecule has 0 radical (unpaired) electrons. The molecule has 11 nitrogen and oxygen atoms in total. The fraction of sp³-hybridized carbons (Fsp3) is 0.433. The summed E-state index contributed by atoms with van der Waals surface area (Å²) in [6.07, 6.45) is -9.86. The number of alkyl halides is 6. The van der Waals surface area contributed by atoms with Crippen molar-refractivity contribution in [1.29, 1.82) is 0 Å². The van der Waals surface area contributed by atoms with E-state index in [0.717, 1.165) is 0 Å². The van der Waals surface area contributed by atoms with E-state index in [1.807, 2.05) is 6.92 Å². The van der Waals surface area contributed by atoms with Gasteiger partial charge in [-0.2, -0.15) is 26.3 Å². The summed E-state index contributed by atoms with van der Waals surface area (Å²) >= 11 is 0. The summed E-state index contributed by atoms with van der Waals surface area (Å²) in [5, 5.41) is 21.4. The van der Waals surface area contributed by atoms with E-state index in [4.69, 9.17) is 14.6 Å². The smallest absolute Gasteiger partial charge is 0.416 e. The Labute approximate surface area is 264 Å². The van der Waals surface area contributed by atoms with E-state index in [2.05, 4.69) is 20.3 Å². The lowest BCUT2D eigenvalue weighted by atomic mass is 9.93. The Kier molecular flexibility index (Phi) is 10.8. The predicted octanol–water partition coefficient (Wildman–Crippen LogP) is 5.80. The number of nitrogens with one attached hydrogen (secondary N) is 1. The van der Waals surface area contributed by atoms with E-state index >= 15 is 0 Å². The van der Waals surface area contributed by atoms with Crippen molar-refractivity contribution in [1.82, 2.24) is 15.0 Å². The summed E-state index contributed by atoms with van der Waals surface area (Å²) in [5.74, 6) is -1.03. The number of pyridine rings is 1. The zero-order valence-electron chi connectivity index (χ0n) is 25.2. The van der Waals surface area contributed by atoms with Crippen molar-refractivity contribution in [2.75, 3.05) is 30.5 Å². The summed E-state index contributed by atoms with van der Waals surface area (Å²) in [4.78, 5) is 38.8. The van der Waals surface area contributed by atoms with Gasteiger partial charge < -0.3 is 25.0 Å². The third-order valence-electron chi connectivity index (χ3n) is 7.42. The first-order chi connectivity index (χ1) is 22.1. The molecule has 1 aliphatic heterocycles. The number of hydrogen-bond donors (Lipinski definition) is 3. The topological polar surface area (TPSA) is 147 Å². The number of amides is 1. The van der Waals surface area contributed by atoms with Crippen LogP contribution in [-0.4, -0.2) is 63.6 Å². The lowest BCUT2D eigenvalue weighted by Crippen LogP contribution is -2.46. The minimum Gasteiger partial charge on any atom is -0.481 e. The molecule has 2 aromatic heterocycles. The first-order valence-electron chi connectivity index (χ1n) is 14.4. The number of fused-ring (bicyclic) bond motifs is 1. The van der Waals surface area contributed by atoms with Crippen LogP contribution in [-0.2, 0) is 34.7 Å². The highest BCUT2D eigenvalue weighted by Gasteiger charge is 2.39. The summed E-state index contributed by atoms with van der Waals surface area (Å²) in [5.41, 5.74) is -2.38. The van der Waals surface area contributed by atoms with Crippen molar-refractivity contribution >= 4 is 23.7 Å². The lowest BCUT2D eigenvalue weighted by molar-refractivity contribution is -0.143. The van der Waals surface area contributed by atoms with Crippen LogP contribution in [0.15, 0.2) is 36.5 Å². The van der Waals surface area contributed by atoms with Crippen LogP contribution in [0, 0.1) is 0 Å². The Morgan fingerprint density at radius 1 is 1.06 bits per heavy atom. The maximum Gasteiger partial charge on any atom is 0.416 e. The number of aromatic nitrogens is 3. The number of carbonyl (C=O) groups excluding carboxylic acids is 1. The maximum absolute atomic E-state index is 13.5. The number of ether oxygens (including phenoxy) is 2. The van der Waals surface area contributed by atoms with Gasteiger partial charge in [0, 0.05) is 31.1 Å². The Bertz CT molecular complexity index is 1570. The molecule has 4 rings (SSSR count). The van der Waals surface area contributed by atoms with Gasteiger partial charge in [0.15, 0.2) is 0 Å².